The highest BCUT2D eigenvalue weighted by Gasteiger charge is 2.27. The number of aryl methyl sites for hydroxylation is 1. The minimum absolute atomic E-state index is 0.0163. The highest BCUT2D eigenvalue weighted by Crippen LogP contribution is 2.29. The van der Waals surface area contributed by atoms with Crippen molar-refractivity contribution in [1.82, 2.24) is 0 Å². The van der Waals surface area contributed by atoms with Crippen molar-refractivity contribution in [2.75, 3.05) is 11.8 Å². The summed E-state index contributed by atoms with van der Waals surface area (Å²) in [7, 11) is -2.76. The molecule has 0 atom stereocenters. The number of hydrogen-bond donors (Lipinski definition) is 2. The first kappa shape index (κ1) is 15.3. The molecule has 0 aliphatic rings. The van der Waals surface area contributed by atoms with Crippen molar-refractivity contribution in [1.29, 1.82) is 0 Å². The Bertz CT molecular complexity index is 780. The van der Waals surface area contributed by atoms with Crippen LogP contribution in [-0.4, -0.2) is 26.6 Å². The Balaban J connectivity index is 2.45. The number of anilines is 1. The standard InChI is InChI=1S/C13H13NO5S2/c1-8-7-20-11(13(16)19-2)12(8)21(17,18)14-9-4-3-5-10(15)6-9/h3-7,14-15H,1-2H3. The molecule has 8 heteroatoms. The van der Waals surface area contributed by atoms with Crippen molar-refractivity contribution in [2.45, 2.75) is 11.8 Å². The van der Waals surface area contributed by atoms with Gasteiger partial charge in [-0.3, -0.25) is 4.72 Å². The molecule has 0 amide bonds. The zero-order chi connectivity index (χ0) is 15.6. The molecule has 0 aliphatic carbocycles. The number of carbonyl (C=O) groups is 1. The topological polar surface area (TPSA) is 92.7 Å². The van der Waals surface area contributed by atoms with Crippen molar-refractivity contribution in [3.63, 3.8) is 0 Å². The fourth-order valence-electron chi connectivity index (χ4n) is 1.78. The van der Waals surface area contributed by atoms with E-state index in [1.807, 2.05) is 0 Å². The van der Waals surface area contributed by atoms with Crippen LogP contribution in [0.5, 0.6) is 5.75 Å². The number of methoxy groups -OCH3 is 1. The number of carbonyl (C=O) groups excluding carboxylic acids is 1. The van der Waals surface area contributed by atoms with Gasteiger partial charge in [0.05, 0.1) is 12.8 Å². The van der Waals surface area contributed by atoms with Crippen molar-refractivity contribution < 1.29 is 23.1 Å². The molecule has 0 fully saturated rings. The van der Waals surface area contributed by atoms with Gasteiger partial charge in [-0.1, -0.05) is 6.07 Å². The zero-order valence-corrected chi connectivity index (χ0v) is 12.9. The molecule has 0 bridgehead atoms. The molecule has 1 heterocycles. The van der Waals surface area contributed by atoms with E-state index >= 15 is 0 Å². The van der Waals surface area contributed by atoms with Gasteiger partial charge in [-0.05, 0) is 30.0 Å². The SMILES string of the molecule is COC(=O)c1scc(C)c1S(=O)(=O)Nc1cccc(O)c1. The van der Waals surface area contributed by atoms with E-state index in [1.165, 1.54) is 31.4 Å². The summed E-state index contributed by atoms with van der Waals surface area (Å²) in [6.07, 6.45) is 0. The van der Waals surface area contributed by atoms with Crippen molar-refractivity contribution in [3.05, 3.63) is 40.1 Å². The minimum Gasteiger partial charge on any atom is -0.508 e. The second kappa shape index (κ2) is 5.74. The summed E-state index contributed by atoms with van der Waals surface area (Å²) in [6, 6.07) is 5.70. The number of nitrogens with one attached hydrogen (secondary N) is 1. The number of benzene rings is 1. The van der Waals surface area contributed by atoms with Crippen molar-refractivity contribution in [2.24, 2.45) is 0 Å². The lowest BCUT2D eigenvalue weighted by Gasteiger charge is -2.09. The first-order chi connectivity index (χ1) is 9.85. The van der Waals surface area contributed by atoms with E-state index in [-0.39, 0.29) is 21.2 Å². The number of thiophene rings is 1. The van der Waals surface area contributed by atoms with Crippen LogP contribution in [-0.2, 0) is 14.8 Å². The van der Waals surface area contributed by atoms with Gasteiger partial charge in [0.2, 0.25) is 0 Å². The summed E-state index contributed by atoms with van der Waals surface area (Å²) in [6.45, 7) is 1.60. The lowest BCUT2D eigenvalue weighted by atomic mass is 10.3. The Morgan fingerprint density at radius 3 is 2.71 bits per heavy atom. The van der Waals surface area contributed by atoms with Gasteiger partial charge in [0.15, 0.2) is 0 Å². The molecule has 112 valence electrons. The summed E-state index contributed by atoms with van der Waals surface area (Å²) in [5.41, 5.74) is 0.657. The zero-order valence-electron chi connectivity index (χ0n) is 11.3. The molecular weight excluding hydrogens is 314 g/mol. The summed E-state index contributed by atoms with van der Waals surface area (Å²) in [5.74, 6) is -0.769. The molecule has 0 unspecified atom stereocenters. The van der Waals surface area contributed by atoms with Crippen molar-refractivity contribution >= 4 is 33.0 Å². The normalized spacial score (nSPS) is 11.1. The van der Waals surface area contributed by atoms with Gasteiger partial charge in [-0.15, -0.1) is 11.3 Å². The lowest BCUT2D eigenvalue weighted by Crippen LogP contribution is -2.16. The molecule has 0 saturated carbocycles. The Morgan fingerprint density at radius 2 is 2.10 bits per heavy atom. The molecule has 1 aromatic carbocycles. The highest BCUT2D eigenvalue weighted by atomic mass is 32.2. The maximum absolute atomic E-state index is 12.4. The van der Waals surface area contributed by atoms with Gasteiger partial charge in [0, 0.05) is 6.07 Å². The number of phenolic OH excluding ortho intramolecular Hbond substituents is 1. The smallest absolute Gasteiger partial charge is 0.349 e. The van der Waals surface area contributed by atoms with Gasteiger partial charge in [-0.2, -0.15) is 0 Å². The quantitative estimate of drug-likeness (QED) is 0.841. The third-order valence-electron chi connectivity index (χ3n) is 2.66. The summed E-state index contributed by atoms with van der Waals surface area (Å²) >= 11 is 1.01. The molecule has 21 heavy (non-hydrogen) atoms. The van der Waals surface area contributed by atoms with E-state index in [2.05, 4.69) is 9.46 Å². The average molecular weight is 327 g/mol. The second-order valence-electron chi connectivity index (χ2n) is 4.22. The number of rotatable bonds is 4. The average Bonchev–Trinajstić information content (AvgIpc) is 2.80. The van der Waals surface area contributed by atoms with Gasteiger partial charge >= 0.3 is 5.97 Å². The van der Waals surface area contributed by atoms with Crippen LogP contribution in [0, 0.1) is 6.92 Å². The highest BCUT2D eigenvalue weighted by molar-refractivity contribution is 7.93. The van der Waals surface area contributed by atoms with Crippen LogP contribution < -0.4 is 4.72 Å². The minimum atomic E-state index is -3.95. The fraction of sp³-hybridized carbons (Fsp3) is 0.154. The number of hydrogen-bond acceptors (Lipinski definition) is 6. The van der Waals surface area contributed by atoms with Gasteiger partial charge < -0.3 is 9.84 Å². The number of ether oxygens (including phenoxy) is 1. The number of phenols is 1. The van der Waals surface area contributed by atoms with E-state index in [1.54, 1.807) is 12.3 Å². The molecular formula is C13H13NO5S2. The van der Waals surface area contributed by atoms with Crippen LogP contribution in [0.25, 0.3) is 0 Å². The Morgan fingerprint density at radius 1 is 1.38 bits per heavy atom. The van der Waals surface area contributed by atoms with Crippen LogP contribution in [0.2, 0.25) is 0 Å². The Hall–Kier alpha value is -2.06. The molecule has 6 nitrogen and oxygen atoms in total. The van der Waals surface area contributed by atoms with E-state index in [9.17, 15) is 18.3 Å². The summed E-state index contributed by atoms with van der Waals surface area (Å²) < 4.78 is 31.8. The third kappa shape index (κ3) is 3.17. The maximum Gasteiger partial charge on any atom is 0.349 e. The van der Waals surface area contributed by atoms with Gasteiger partial charge in [0.25, 0.3) is 10.0 Å². The van der Waals surface area contributed by atoms with Crippen LogP contribution in [0.3, 0.4) is 0 Å². The van der Waals surface area contributed by atoms with E-state index in [4.69, 9.17) is 0 Å². The van der Waals surface area contributed by atoms with Gasteiger partial charge in [0.1, 0.15) is 15.5 Å². The molecule has 0 radical (unpaired) electrons. The van der Waals surface area contributed by atoms with Crippen LogP contribution in [0.15, 0.2) is 34.5 Å². The van der Waals surface area contributed by atoms with Crippen LogP contribution in [0.1, 0.15) is 15.2 Å². The molecule has 2 N–H and O–H groups in total. The molecule has 1 aromatic heterocycles. The molecule has 2 rings (SSSR count). The van der Waals surface area contributed by atoms with E-state index in [0.717, 1.165) is 11.3 Å². The van der Waals surface area contributed by atoms with Crippen LogP contribution >= 0.6 is 11.3 Å². The lowest BCUT2D eigenvalue weighted by molar-refractivity contribution is 0.0602. The monoisotopic (exact) mass is 327 g/mol. The first-order valence-corrected chi connectivity index (χ1v) is 8.19. The van der Waals surface area contributed by atoms with E-state index < -0.39 is 16.0 Å². The molecule has 2 aromatic rings. The Labute approximate surface area is 126 Å². The first-order valence-electron chi connectivity index (χ1n) is 5.83. The van der Waals surface area contributed by atoms with Crippen molar-refractivity contribution in [3.8, 4) is 5.75 Å². The fourth-order valence-corrected chi connectivity index (χ4v) is 4.53. The molecule has 0 aliphatic heterocycles. The second-order valence-corrected chi connectivity index (χ2v) is 6.72. The molecule has 0 spiro atoms. The number of esters is 1. The van der Waals surface area contributed by atoms with E-state index in [0.29, 0.717) is 5.56 Å². The number of aromatic hydroxyl groups is 1. The maximum atomic E-state index is 12.4. The van der Waals surface area contributed by atoms with Gasteiger partial charge in [-0.25, -0.2) is 13.2 Å². The predicted octanol–water partition coefficient (Wildman–Crippen LogP) is 2.35. The number of sulfonamides is 1. The van der Waals surface area contributed by atoms with Crippen LogP contribution in [0.4, 0.5) is 5.69 Å². The third-order valence-corrected chi connectivity index (χ3v) is 5.43. The summed E-state index contributed by atoms with van der Waals surface area (Å²) in [4.78, 5) is 11.6. The summed E-state index contributed by atoms with van der Waals surface area (Å²) in [5, 5.41) is 10.9. The largest absolute Gasteiger partial charge is 0.508 e. The molecule has 0 saturated heterocycles. The predicted molar refractivity (Wildman–Crippen MR) is 79.3 cm³/mol. The Kier molecular flexibility index (Phi) is 4.19.